The highest BCUT2D eigenvalue weighted by molar-refractivity contribution is 7.09. The van der Waals surface area contributed by atoms with Crippen molar-refractivity contribution in [3.63, 3.8) is 0 Å². The maximum atomic E-state index is 4.43. The summed E-state index contributed by atoms with van der Waals surface area (Å²) in [6.07, 6.45) is 0. The van der Waals surface area contributed by atoms with Gasteiger partial charge in [-0.15, -0.1) is 11.3 Å². The van der Waals surface area contributed by atoms with Crippen molar-refractivity contribution in [2.75, 3.05) is 6.54 Å². The summed E-state index contributed by atoms with van der Waals surface area (Å²) in [7, 11) is 0. The highest BCUT2D eigenvalue weighted by Crippen LogP contribution is 2.17. The SMILES string of the molecule is Cc1nc(CNCC(C)c2ccsc2)cs1. The predicted molar refractivity (Wildman–Crippen MR) is 71.3 cm³/mol. The van der Waals surface area contributed by atoms with E-state index in [0.29, 0.717) is 5.92 Å². The van der Waals surface area contributed by atoms with Crippen LogP contribution in [0.2, 0.25) is 0 Å². The first-order valence-corrected chi connectivity index (χ1v) is 7.22. The van der Waals surface area contributed by atoms with Crippen molar-refractivity contribution in [2.24, 2.45) is 0 Å². The van der Waals surface area contributed by atoms with Crippen LogP contribution in [0, 0.1) is 6.92 Å². The third-order valence-corrected chi connectivity index (χ3v) is 4.06. The van der Waals surface area contributed by atoms with Crippen molar-refractivity contribution in [1.29, 1.82) is 0 Å². The molecule has 2 rings (SSSR count). The van der Waals surface area contributed by atoms with Gasteiger partial charge >= 0.3 is 0 Å². The van der Waals surface area contributed by atoms with Gasteiger partial charge in [-0.1, -0.05) is 6.92 Å². The maximum absolute atomic E-state index is 4.43. The molecule has 0 saturated carbocycles. The Hall–Kier alpha value is -0.710. The van der Waals surface area contributed by atoms with Crippen LogP contribution in [0.5, 0.6) is 0 Å². The molecule has 1 atom stereocenters. The molecule has 0 aliphatic rings. The molecular formula is C12H16N2S2. The second kappa shape index (κ2) is 5.57. The van der Waals surface area contributed by atoms with Gasteiger partial charge in [-0.3, -0.25) is 0 Å². The Balaban J connectivity index is 1.76. The molecule has 16 heavy (non-hydrogen) atoms. The summed E-state index contributed by atoms with van der Waals surface area (Å²) in [5.41, 5.74) is 2.58. The fourth-order valence-electron chi connectivity index (χ4n) is 1.58. The first kappa shape index (κ1) is 11.8. The molecule has 2 nitrogen and oxygen atoms in total. The lowest BCUT2D eigenvalue weighted by Crippen LogP contribution is -2.19. The van der Waals surface area contributed by atoms with Gasteiger partial charge in [0, 0.05) is 18.5 Å². The third kappa shape index (κ3) is 3.14. The normalized spacial score (nSPS) is 12.9. The Morgan fingerprint density at radius 3 is 2.94 bits per heavy atom. The minimum absolute atomic E-state index is 0.575. The van der Waals surface area contributed by atoms with Crippen molar-refractivity contribution in [3.8, 4) is 0 Å². The number of hydrogen-bond donors (Lipinski definition) is 1. The molecule has 0 saturated heterocycles. The van der Waals surface area contributed by atoms with Crippen molar-refractivity contribution < 1.29 is 0 Å². The van der Waals surface area contributed by atoms with Gasteiger partial charge in [0.2, 0.25) is 0 Å². The minimum Gasteiger partial charge on any atom is -0.311 e. The minimum atomic E-state index is 0.575. The highest BCUT2D eigenvalue weighted by atomic mass is 32.1. The number of aromatic nitrogens is 1. The number of nitrogens with one attached hydrogen (secondary N) is 1. The van der Waals surface area contributed by atoms with E-state index < -0.39 is 0 Å². The maximum Gasteiger partial charge on any atom is 0.0897 e. The van der Waals surface area contributed by atoms with E-state index in [1.54, 1.807) is 22.7 Å². The zero-order chi connectivity index (χ0) is 11.4. The molecule has 0 fully saturated rings. The lowest BCUT2D eigenvalue weighted by molar-refractivity contribution is 0.610. The van der Waals surface area contributed by atoms with Crippen LogP contribution in [0.3, 0.4) is 0 Å². The molecule has 0 bridgehead atoms. The lowest BCUT2D eigenvalue weighted by Gasteiger charge is -2.10. The van der Waals surface area contributed by atoms with Gasteiger partial charge < -0.3 is 5.32 Å². The van der Waals surface area contributed by atoms with Crippen LogP contribution in [0.1, 0.15) is 29.1 Å². The van der Waals surface area contributed by atoms with Gasteiger partial charge in [-0.2, -0.15) is 11.3 Å². The number of hydrogen-bond acceptors (Lipinski definition) is 4. The molecular weight excluding hydrogens is 236 g/mol. The average molecular weight is 252 g/mol. The monoisotopic (exact) mass is 252 g/mol. The Bertz CT molecular complexity index is 420. The molecule has 1 N–H and O–H groups in total. The molecule has 2 aromatic rings. The van der Waals surface area contributed by atoms with Crippen LogP contribution in [-0.4, -0.2) is 11.5 Å². The Labute approximate surface area is 104 Å². The van der Waals surface area contributed by atoms with E-state index in [2.05, 4.69) is 39.4 Å². The summed E-state index contributed by atoms with van der Waals surface area (Å²) < 4.78 is 0. The van der Waals surface area contributed by atoms with Crippen molar-refractivity contribution >= 4 is 22.7 Å². The molecule has 0 aliphatic carbocycles. The van der Waals surface area contributed by atoms with Gasteiger partial charge in [-0.05, 0) is 35.2 Å². The van der Waals surface area contributed by atoms with Crippen LogP contribution >= 0.6 is 22.7 Å². The Morgan fingerprint density at radius 1 is 1.44 bits per heavy atom. The van der Waals surface area contributed by atoms with Gasteiger partial charge in [0.25, 0.3) is 0 Å². The molecule has 86 valence electrons. The van der Waals surface area contributed by atoms with Crippen molar-refractivity contribution in [1.82, 2.24) is 10.3 Å². The summed E-state index contributed by atoms with van der Waals surface area (Å²) in [6, 6.07) is 2.20. The van der Waals surface area contributed by atoms with Gasteiger partial charge in [0.15, 0.2) is 0 Å². The van der Waals surface area contributed by atoms with E-state index in [4.69, 9.17) is 0 Å². The van der Waals surface area contributed by atoms with Gasteiger partial charge in [0.05, 0.1) is 10.7 Å². The largest absolute Gasteiger partial charge is 0.311 e. The smallest absolute Gasteiger partial charge is 0.0897 e. The summed E-state index contributed by atoms with van der Waals surface area (Å²) in [4.78, 5) is 4.43. The molecule has 1 unspecified atom stereocenters. The second-order valence-corrected chi connectivity index (χ2v) is 5.79. The molecule has 2 aromatic heterocycles. The molecule has 2 heterocycles. The Kier molecular flexibility index (Phi) is 4.09. The number of nitrogens with zero attached hydrogens (tertiary/aromatic N) is 1. The van der Waals surface area contributed by atoms with Crippen molar-refractivity contribution in [3.05, 3.63) is 38.5 Å². The van der Waals surface area contributed by atoms with Crippen LogP contribution in [0.4, 0.5) is 0 Å². The molecule has 0 aliphatic heterocycles. The number of thiazole rings is 1. The van der Waals surface area contributed by atoms with Crippen LogP contribution in [0.25, 0.3) is 0 Å². The quantitative estimate of drug-likeness (QED) is 0.882. The molecule has 0 radical (unpaired) electrons. The molecule has 0 amide bonds. The lowest BCUT2D eigenvalue weighted by atomic mass is 10.1. The third-order valence-electron chi connectivity index (χ3n) is 2.54. The molecule has 4 heteroatoms. The number of rotatable bonds is 5. The van der Waals surface area contributed by atoms with Crippen LogP contribution in [-0.2, 0) is 6.54 Å². The fraction of sp³-hybridized carbons (Fsp3) is 0.417. The average Bonchev–Trinajstić information content (AvgIpc) is 2.89. The van der Waals surface area contributed by atoms with E-state index in [1.165, 1.54) is 5.56 Å². The number of thiophene rings is 1. The highest BCUT2D eigenvalue weighted by Gasteiger charge is 2.05. The zero-order valence-corrected chi connectivity index (χ0v) is 11.2. The summed E-state index contributed by atoms with van der Waals surface area (Å²) in [6.45, 7) is 6.18. The van der Waals surface area contributed by atoms with Gasteiger partial charge in [0.1, 0.15) is 0 Å². The van der Waals surface area contributed by atoms with Crippen molar-refractivity contribution in [2.45, 2.75) is 26.3 Å². The van der Waals surface area contributed by atoms with E-state index in [1.807, 2.05) is 6.92 Å². The zero-order valence-electron chi connectivity index (χ0n) is 9.56. The van der Waals surface area contributed by atoms with Crippen LogP contribution in [0.15, 0.2) is 22.2 Å². The summed E-state index contributed by atoms with van der Waals surface area (Å²) >= 11 is 3.47. The van der Waals surface area contributed by atoms with Crippen LogP contribution < -0.4 is 5.32 Å². The first-order chi connectivity index (χ1) is 7.75. The summed E-state index contributed by atoms with van der Waals surface area (Å²) in [5.74, 6) is 0.575. The predicted octanol–water partition coefficient (Wildman–Crippen LogP) is 3.41. The topological polar surface area (TPSA) is 24.9 Å². The standard InChI is InChI=1S/C12H16N2S2/c1-9(11-3-4-15-7-11)5-13-6-12-8-16-10(2)14-12/h3-4,7-9,13H,5-6H2,1-2H3. The van der Waals surface area contributed by atoms with E-state index >= 15 is 0 Å². The van der Waals surface area contributed by atoms with E-state index in [0.717, 1.165) is 23.8 Å². The number of aryl methyl sites for hydroxylation is 1. The Morgan fingerprint density at radius 2 is 2.31 bits per heavy atom. The molecule has 0 spiro atoms. The van der Waals surface area contributed by atoms with Gasteiger partial charge in [-0.25, -0.2) is 4.98 Å². The molecule has 0 aromatic carbocycles. The van der Waals surface area contributed by atoms with E-state index in [9.17, 15) is 0 Å². The first-order valence-electron chi connectivity index (χ1n) is 5.39. The fourth-order valence-corrected chi connectivity index (χ4v) is 2.97. The van der Waals surface area contributed by atoms with E-state index in [-0.39, 0.29) is 0 Å². The second-order valence-electron chi connectivity index (χ2n) is 3.95. The summed E-state index contributed by atoms with van der Waals surface area (Å²) in [5, 5.41) is 11.1.